The van der Waals surface area contributed by atoms with Crippen LogP contribution in [-0.2, 0) is 14.3 Å². The fourth-order valence-electron chi connectivity index (χ4n) is 4.02. The first-order valence-electron chi connectivity index (χ1n) is 11.7. The number of thiazole rings is 1. The predicted octanol–water partition coefficient (Wildman–Crippen LogP) is 5.29. The molecule has 3 aromatic rings. The molecule has 1 aliphatic rings. The zero-order chi connectivity index (χ0) is 27.4. The lowest BCUT2D eigenvalue weighted by atomic mass is 9.95. The number of aryl methyl sites for hydroxylation is 2. The molecule has 0 saturated carbocycles. The molecular formula is C29H26N2O6S. The highest BCUT2D eigenvalue weighted by Gasteiger charge is 2.48. The van der Waals surface area contributed by atoms with Gasteiger partial charge in [-0.2, -0.15) is 0 Å². The normalized spacial score (nSPS) is 16.4. The highest BCUT2D eigenvalue weighted by atomic mass is 32.1. The maximum Gasteiger partial charge on any atom is 0.350 e. The number of aliphatic hydroxyl groups is 1. The van der Waals surface area contributed by atoms with Crippen molar-refractivity contribution in [1.82, 2.24) is 4.98 Å². The molecule has 1 atom stereocenters. The van der Waals surface area contributed by atoms with Crippen LogP contribution in [0.15, 0.2) is 79.4 Å². The van der Waals surface area contributed by atoms with Crippen LogP contribution in [0.5, 0.6) is 5.75 Å². The summed E-state index contributed by atoms with van der Waals surface area (Å²) in [4.78, 5) is 45.2. The second-order valence-corrected chi connectivity index (χ2v) is 9.48. The summed E-state index contributed by atoms with van der Waals surface area (Å²) in [5.74, 6) is -2.17. The lowest BCUT2D eigenvalue weighted by Crippen LogP contribution is -2.29. The highest BCUT2D eigenvalue weighted by Crippen LogP contribution is 2.44. The predicted molar refractivity (Wildman–Crippen MR) is 145 cm³/mol. The van der Waals surface area contributed by atoms with Gasteiger partial charge in [-0.1, -0.05) is 78.6 Å². The lowest BCUT2D eigenvalue weighted by Gasteiger charge is -2.23. The minimum Gasteiger partial charge on any atom is -0.507 e. The van der Waals surface area contributed by atoms with E-state index in [1.807, 2.05) is 6.92 Å². The number of nitrogens with zero attached hydrogens (tertiary/aromatic N) is 2. The third-order valence-corrected chi connectivity index (χ3v) is 6.96. The number of rotatable bonds is 9. The van der Waals surface area contributed by atoms with Crippen LogP contribution < -0.4 is 9.64 Å². The number of ketones is 1. The van der Waals surface area contributed by atoms with Crippen LogP contribution in [0.4, 0.5) is 5.13 Å². The number of carbonyl (C=O) groups excluding carboxylic acids is 3. The van der Waals surface area contributed by atoms with Crippen molar-refractivity contribution in [3.63, 3.8) is 0 Å². The Morgan fingerprint density at radius 2 is 1.82 bits per heavy atom. The molecule has 1 N–H and O–H groups in total. The van der Waals surface area contributed by atoms with Crippen molar-refractivity contribution in [3.05, 3.63) is 107 Å². The van der Waals surface area contributed by atoms with Gasteiger partial charge in [-0.3, -0.25) is 14.5 Å². The smallest absolute Gasteiger partial charge is 0.350 e. The molecule has 0 radical (unpaired) electrons. The summed E-state index contributed by atoms with van der Waals surface area (Å²) >= 11 is 0.933. The van der Waals surface area contributed by atoms with Crippen molar-refractivity contribution in [2.75, 3.05) is 18.1 Å². The van der Waals surface area contributed by atoms with E-state index in [0.29, 0.717) is 22.6 Å². The van der Waals surface area contributed by atoms with Crippen molar-refractivity contribution in [3.8, 4) is 5.75 Å². The molecule has 1 aromatic heterocycles. The number of aromatic nitrogens is 1. The molecule has 4 rings (SSSR count). The van der Waals surface area contributed by atoms with Crippen LogP contribution in [0.2, 0.25) is 0 Å². The van der Waals surface area contributed by atoms with Gasteiger partial charge in [0.05, 0.1) is 17.3 Å². The molecule has 194 valence electrons. The number of hydrogen-bond donors (Lipinski definition) is 1. The average Bonchev–Trinajstić information content (AvgIpc) is 3.42. The first-order chi connectivity index (χ1) is 18.3. The van der Waals surface area contributed by atoms with Gasteiger partial charge in [-0.25, -0.2) is 9.78 Å². The second kappa shape index (κ2) is 11.3. The third kappa shape index (κ3) is 5.14. The molecule has 9 heteroatoms. The Kier molecular flexibility index (Phi) is 7.87. The summed E-state index contributed by atoms with van der Waals surface area (Å²) in [5, 5.41) is 11.4. The van der Waals surface area contributed by atoms with E-state index in [-0.39, 0.29) is 34.6 Å². The molecule has 1 fully saturated rings. The standard InChI is InChI=1S/C29H26N2O6S/c1-5-14-36-21-9-7-8-20(16-21)23-22(24(32)19-12-10-17(3)11-13-19)25(33)27(34)31(23)29-30-18(4)26(38-29)28(35)37-15-6-2/h5-13,16,23,32H,1-2,14-15H2,3-4H3. The van der Waals surface area contributed by atoms with Crippen LogP contribution in [0, 0.1) is 13.8 Å². The number of ether oxygens (including phenoxy) is 2. The quantitative estimate of drug-likeness (QED) is 0.132. The van der Waals surface area contributed by atoms with Gasteiger partial charge in [0.1, 0.15) is 29.6 Å². The summed E-state index contributed by atoms with van der Waals surface area (Å²) < 4.78 is 10.8. The Labute approximate surface area is 224 Å². The van der Waals surface area contributed by atoms with Gasteiger partial charge in [0.15, 0.2) is 5.13 Å². The SMILES string of the molecule is C=CCOC(=O)c1sc(N2C(=O)C(=O)C(=C(O)c3ccc(C)cc3)C2c2cccc(OCC=C)c2)nc1C. The maximum absolute atomic E-state index is 13.4. The van der Waals surface area contributed by atoms with Gasteiger partial charge in [-0.05, 0) is 31.5 Å². The van der Waals surface area contributed by atoms with Gasteiger partial charge in [0.2, 0.25) is 0 Å². The highest BCUT2D eigenvalue weighted by molar-refractivity contribution is 7.17. The van der Waals surface area contributed by atoms with Gasteiger partial charge in [0, 0.05) is 5.56 Å². The van der Waals surface area contributed by atoms with E-state index >= 15 is 0 Å². The van der Waals surface area contributed by atoms with E-state index in [9.17, 15) is 19.5 Å². The number of amides is 1. The van der Waals surface area contributed by atoms with E-state index in [2.05, 4.69) is 18.1 Å². The van der Waals surface area contributed by atoms with E-state index < -0.39 is 23.7 Å². The Bertz CT molecular complexity index is 1450. The molecule has 0 aliphatic carbocycles. The van der Waals surface area contributed by atoms with E-state index in [1.165, 1.54) is 11.0 Å². The minimum absolute atomic E-state index is 0.0179. The molecule has 8 nitrogen and oxygen atoms in total. The maximum atomic E-state index is 13.4. The molecule has 1 unspecified atom stereocenters. The lowest BCUT2D eigenvalue weighted by molar-refractivity contribution is -0.132. The summed E-state index contributed by atoms with van der Waals surface area (Å²) in [7, 11) is 0. The van der Waals surface area contributed by atoms with Crippen molar-refractivity contribution in [2.24, 2.45) is 0 Å². The molecule has 2 aromatic carbocycles. The molecule has 2 heterocycles. The Balaban J connectivity index is 1.88. The monoisotopic (exact) mass is 530 g/mol. The van der Waals surface area contributed by atoms with Gasteiger partial charge in [-0.15, -0.1) is 0 Å². The van der Waals surface area contributed by atoms with Gasteiger partial charge in [0.25, 0.3) is 5.78 Å². The van der Waals surface area contributed by atoms with Gasteiger partial charge >= 0.3 is 11.9 Å². The van der Waals surface area contributed by atoms with E-state index in [1.54, 1.807) is 61.5 Å². The Hall–Kier alpha value is -4.50. The summed E-state index contributed by atoms with van der Waals surface area (Å²) in [5.41, 5.74) is 2.13. The summed E-state index contributed by atoms with van der Waals surface area (Å²) in [6.45, 7) is 11.0. The largest absolute Gasteiger partial charge is 0.507 e. The molecule has 1 aliphatic heterocycles. The number of hydrogen-bond acceptors (Lipinski definition) is 8. The number of esters is 1. The topological polar surface area (TPSA) is 106 Å². The zero-order valence-electron chi connectivity index (χ0n) is 21.0. The van der Waals surface area contributed by atoms with E-state index in [0.717, 1.165) is 16.9 Å². The molecule has 38 heavy (non-hydrogen) atoms. The fourth-order valence-corrected chi connectivity index (χ4v) is 5.00. The summed E-state index contributed by atoms with van der Waals surface area (Å²) in [6.07, 6.45) is 3.04. The molecule has 0 spiro atoms. The fraction of sp³-hybridized carbons (Fsp3) is 0.172. The number of Topliss-reactive ketones (excluding diaryl/α,β-unsaturated/α-hetero) is 1. The van der Waals surface area contributed by atoms with Crippen LogP contribution in [0.1, 0.15) is 38.1 Å². The van der Waals surface area contributed by atoms with Crippen LogP contribution >= 0.6 is 11.3 Å². The third-order valence-electron chi connectivity index (χ3n) is 5.82. The van der Waals surface area contributed by atoms with Crippen LogP contribution in [0.3, 0.4) is 0 Å². The first-order valence-corrected chi connectivity index (χ1v) is 12.6. The van der Waals surface area contributed by atoms with Crippen molar-refractivity contribution >= 4 is 39.9 Å². The number of aliphatic hydroxyl groups excluding tert-OH is 1. The van der Waals surface area contributed by atoms with Crippen molar-refractivity contribution in [1.29, 1.82) is 0 Å². The number of benzene rings is 2. The Morgan fingerprint density at radius 3 is 2.50 bits per heavy atom. The van der Waals surface area contributed by atoms with Gasteiger partial charge < -0.3 is 14.6 Å². The molecule has 0 bridgehead atoms. The van der Waals surface area contributed by atoms with Crippen LogP contribution in [-0.4, -0.2) is 41.0 Å². The number of carbonyl (C=O) groups is 3. The van der Waals surface area contributed by atoms with Crippen molar-refractivity contribution in [2.45, 2.75) is 19.9 Å². The van der Waals surface area contributed by atoms with Crippen molar-refractivity contribution < 1.29 is 29.0 Å². The van der Waals surface area contributed by atoms with Crippen LogP contribution in [0.25, 0.3) is 5.76 Å². The molecule has 1 saturated heterocycles. The molecular weight excluding hydrogens is 504 g/mol. The zero-order valence-corrected chi connectivity index (χ0v) is 21.8. The average molecular weight is 531 g/mol. The first kappa shape index (κ1) is 26.6. The van der Waals surface area contributed by atoms with E-state index in [4.69, 9.17) is 9.47 Å². The second-order valence-electron chi connectivity index (χ2n) is 8.51. The molecule has 1 amide bonds. The number of anilines is 1. The Morgan fingerprint density at radius 1 is 1.11 bits per heavy atom. The summed E-state index contributed by atoms with van der Waals surface area (Å²) in [6, 6.07) is 12.8. The minimum atomic E-state index is -1.02.